The van der Waals surface area contributed by atoms with Gasteiger partial charge in [-0.1, -0.05) is 44.2 Å². The highest BCUT2D eigenvalue weighted by Gasteiger charge is 2.54. The molecule has 2 atom stereocenters. The lowest BCUT2D eigenvalue weighted by Crippen LogP contribution is -2.50. The second-order valence-corrected chi connectivity index (χ2v) is 10.9. The molecule has 0 bridgehead atoms. The number of carbonyl (C=O) groups is 1. The van der Waals surface area contributed by atoms with Crippen LogP contribution in [0.15, 0.2) is 53.9 Å². The Labute approximate surface area is 210 Å². The Morgan fingerprint density at radius 3 is 2.69 bits per heavy atom. The zero-order valence-corrected chi connectivity index (χ0v) is 21.3. The summed E-state index contributed by atoms with van der Waals surface area (Å²) in [4.78, 5) is 20.3. The van der Waals surface area contributed by atoms with Gasteiger partial charge in [-0.2, -0.15) is 0 Å². The Hall–Kier alpha value is -2.61. The lowest BCUT2D eigenvalue weighted by Gasteiger charge is -2.44. The molecule has 5 nitrogen and oxygen atoms in total. The zero-order chi connectivity index (χ0) is 24.6. The van der Waals surface area contributed by atoms with Gasteiger partial charge in [-0.15, -0.1) is 11.3 Å². The lowest BCUT2D eigenvalue weighted by atomic mass is 9.72. The number of nitrogens with one attached hydrogen (secondary N) is 1. The van der Waals surface area contributed by atoms with Crippen LogP contribution in [0.3, 0.4) is 0 Å². The number of benzene rings is 2. The van der Waals surface area contributed by atoms with E-state index in [0.717, 1.165) is 38.0 Å². The van der Waals surface area contributed by atoms with Crippen molar-refractivity contribution in [2.75, 3.05) is 20.2 Å². The molecule has 2 aromatic carbocycles. The summed E-state index contributed by atoms with van der Waals surface area (Å²) in [7, 11) is 1.73. The maximum absolute atomic E-state index is 13.7. The molecule has 35 heavy (non-hydrogen) atoms. The van der Waals surface area contributed by atoms with Crippen LogP contribution in [-0.4, -0.2) is 42.1 Å². The Morgan fingerprint density at radius 1 is 1.23 bits per heavy atom. The average molecular weight is 494 g/mol. The predicted molar refractivity (Wildman–Crippen MR) is 136 cm³/mol. The molecule has 2 heterocycles. The fourth-order valence-corrected chi connectivity index (χ4v) is 6.74. The van der Waals surface area contributed by atoms with E-state index < -0.39 is 5.82 Å². The number of carbonyl (C=O) groups excluding carboxylic acids is 1. The number of hydrogen-bond donors (Lipinski definition) is 1. The summed E-state index contributed by atoms with van der Waals surface area (Å²) in [5.41, 5.74) is 3.66. The van der Waals surface area contributed by atoms with Crippen LogP contribution in [0.1, 0.15) is 70.8 Å². The van der Waals surface area contributed by atoms with E-state index >= 15 is 0 Å². The Kier molecular flexibility index (Phi) is 6.75. The number of likely N-dealkylation sites (tertiary alicyclic amines) is 1. The first-order chi connectivity index (χ1) is 16.9. The number of halogens is 1. The first kappa shape index (κ1) is 24.1. The molecule has 1 aliphatic heterocycles. The highest BCUT2D eigenvalue weighted by molar-refractivity contribution is 7.09. The molecule has 0 radical (unpaired) electrons. The molecule has 1 amide bonds. The summed E-state index contributed by atoms with van der Waals surface area (Å²) >= 11 is 1.74. The predicted octanol–water partition coefficient (Wildman–Crippen LogP) is 5.44. The van der Waals surface area contributed by atoms with Gasteiger partial charge in [-0.3, -0.25) is 9.69 Å². The molecule has 5 rings (SSSR count). The molecule has 0 unspecified atom stereocenters. The maximum Gasteiger partial charge on any atom is 0.251 e. The Balaban J connectivity index is 1.36. The van der Waals surface area contributed by atoms with Crippen LogP contribution in [0.5, 0.6) is 0 Å². The average Bonchev–Trinajstić information content (AvgIpc) is 3.42. The summed E-state index contributed by atoms with van der Waals surface area (Å²) in [6, 6.07) is 13.9. The number of piperidine rings is 1. The molecule has 1 saturated heterocycles. The number of thiazole rings is 1. The van der Waals surface area contributed by atoms with Crippen molar-refractivity contribution in [2.24, 2.45) is 0 Å². The minimum atomic E-state index is -0.419. The van der Waals surface area contributed by atoms with E-state index in [4.69, 9.17) is 9.72 Å². The first-order valence-electron chi connectivity index (χ1n) is 12.3. The van der Waals surface area contributed by atoms with Gasteiger partial charge in [-0.05, 0) is 61.2 Å². The third-order valence-corrected chi connectivity index (χ3v) is 8.43. The SMILES string of the molecule is CO[C@H]1[C@H](NC(=O)c2cccc(F)c2)c2ccccc2C12CCN(Cc1nc(C(C)C)cs1)CC2. The van der Waals surface area contributed by atoms with Crippen LogP contribution >= 0.6 is 11.3 Å². The van der Waals surface area contributed by atoms with Gasteiger partial charge >= 0.3 is 0 Å². The number of amides is 1. The van der Waals surface area contributed by atoms with Crippen molar-refractivity contribution in [3.8, 4) is 0 Å². The molecule has 0 saturated carbocycles. The number of aromatic nitrogens is 1. The largest absolute Gasteiger partial charge is 0.378 e. The van der Waals surface area contributed by atoms with Gasteiger partial charge in [0.2, 0.25) is 0 Å². The van der Waals surface area contributed by atoms with Gasteiger partial charge in [0, 0.05) is 23.5 Å². The van der Waals surface area contributed by atoms with Gasteiger partial charge < -0.3 is 10.1 Å². The van der Waals surface area contributed by atoms with E-state index in [-0.39, 0.29) is 23.5 Å². The van der Waals surface area contributed by atoms with E-state index in [9.17, 15) is 9.18 Å². The smallest absolute Gasteiger partial charge is 0.251 e. The number of ether oxygens (including phenoxy) is 1. The van der Waals surface area contributed by atoms with Crippen LogP contribution in [0, 0.1) is 5.82 Å². The first-order valence-corrected chi connectivity index (χ1v) is 13.1. The van der Waals surface area contributed by atoms with Crippen LogP contribution < -0.4 is 5.32 Å². The summed E-state index contributed by atoms with van der Waals surface area (Å²) < 4.78 is 19.9. The van der Waals surface area contributed by atoms with Crippen molar-refractivity contribution >= 4 is 17.2 Å². The summed E-state index contributed by atoms with van der Waals surface area (Å²) in [6.07, 6.45) is 1.70. The van der Waals surface area contributed by atoms with E-state index in [0.29, 0.717) is 11.5 Å². The molecular formula is C28H32FN3O2S. The number of nitrogens with zero attached hydrogens (tertiary/aromatic N) is 2. The van der Waals surface area contributed by atoms with Crippen LogP contribution in [0.4, 0.5) is 4.39 Å². The van der Waals surface area contributed by atoms with E-state index in [1.54, 1.807) is 30.6 Å². The van der Waals surface area contributed by atoms with Crippen LogP contribution in [0.25, 0.3) is 0 Å². The highest BCUT2D eigenvalue weighted by Crippen LogP contribution is 2.52. The lowest BCUT2D eigenvalue weighted by molar-refractivity contribution is -0.0122. The fraction of sp³-hybridized carbons (Fsp3) is 0.429. The van der Waals surface area contributed by atoms with Gasteiger partial charge in [0.25, 0.3) is 5.91 Å². The number of methoxy groups -OCH3 is 1. The molecular weight excluding hydrogens is 461 g/mol. The van der Waals surface area contributed by atoms with Crippen molar-refractivity contribution in [3.63, 3.8) is 0 Å². The molecule has 1 aromatic heterocycles. The topological polar surface area (TPSA) is 54.5 Å². The fourth-order valence-electron chi connectivity index (χ4n) is 5.74. The van der Waals surface area contributed by atoms with Gasteiger partial charge in [0.1, 0.15) is 10.8 Å². The molecule has 1 fully saturated rings. The van der Waals surface area contributed by atoms with Gasteiger partial charge in [0.15, 0.2) is 0 Å². The second-order valence-electron chi connectivity index (χ2n) is 9.96. The standard InChI is InChI=1S/C28H32FN3O2S/c1-18(2)23-17-35-24(30-23)16-32-13-11-28(12-14-32)22-10-5-4-9-21(22)25(26(28)34-3)31-27(33)19-7-6-8-20(29)15-19/h4-10,15,17-18,25-26H,11-14,16H2,1-3H3,(H,31,33)/t25-,26+/m1/s1. The maximum atomic E-state index is 13.7. The summed E-state index contributed by atoms with van der Waals surface area (Å²) in [5.74, 6) is -0.260. The van der Waals surface area contributed by atoms with E-state index in [1.165, 1.54) is 28.4 Å². The van der Waals surface area contributed by atoms with Crippen molar-refractivity contribution in [1.82, 2.24) is 15.2 Å². The van der Waals surface area contributed by atoms with Crippen molar-refractivity contribution in [2.45, 2.75) is 56.7 Å². The number of hydrogen-bond acceptors (Lipinski definition) is 5. The third kappa shape index (κ3) is 4.53. The van der Waals surface area contributed by atoms with Gasteiger partial charge in [-0.25, -0.2) is 9.37 Å². The quantitative estimate of drug-likeness (QED) is 0.497. The Morgan fingerprint density at radius 2 is 2.00 bits per heavy atom. The zero-order valence-electron chi connectivity index (χ0n) is 20.5. The third-order valence-electron chi connectivity index (χ3n) is 7.58. The minimum absolute atomic E-state index is 0.173. The van der Waals surface area contributed by atoms with Crippen LogP contribution in [0.2, 0.25) is 0 Å². The van der Waals surface area contributed by atoms with E-state index in [2.05, 4.69) is 47.6 Å². The van der Waals surface area contributed by atoms with Crippen LogP contribution in [-0.2, 0) is 16.7 Å². The molecule has 7 heteroatoms. The molecule has 184 valence electrons. The molecule has 3 aromatic rings. The molecule has 1 N–H and O–H groups in total. The minimum Gasteiger partial charge on any atom is -0.378 e. The van der Waals surface area contributed by atoms with Crippen molar-refractivity contribution < 1.29 is 13.9 Å². The second kappa shape index (κ2) is 9.80. The Bertz CT molecular complexity index is 1200. The molecule has 1 aliphatic carbocycles. The highest BCUT2D eigenvalue weighted by atomic mass is 32.1. The van der Waals surface area contributed by atoms with E-state index in [1.807, 2.05) is 6.07 Å². The normalized spacial score (nSPS) is 21.4. The molecule has 1 spiro atoms. The van der Waals surface area contributed by atoms with Crippen molar-refractivity contribution in [3.05, 3.63) is 87.1 Å². The summed E-state index contributed by atoms with van der Waals surface area (Å²) in [6.45, 7) is 7.10. The van der Waals surface area contributed by atoms with Gasteiger partial charge in [0.05, 0.1) is 24.4 Å². The van der Waals surface area contributed by atoms with Crippen molar-refractivity contribution in [1.29, 1.82) is 0 Å². The summed E-state index contributed by atoms with van der Waals surface area (Å²) in [5, 5.41) is 6.50. The number of rotatable bonds is 6. The monoisotopic (exact) mass is 493 g/mol. The molecule has 2 aliphatic rings. The number of fused-ring (bicyclic) bond motifs is 2.